The lowest BCUT2D eigenvalue weighted by Gasteiger charge is -2.08. The minimum atomic E-state index is -3.16. The van der Waals surface area contributed by atoms with Crippen LogP contribution in [0.3, 0.4) is 0 Å². The normalized spacial score (nSPS) is 20.1. The number of sulfone groups is 1. The first-order valence-corrected chi connectivity index (χ1v) is 8.29. The van der Waals surface area contributed by atoms with E-state index in [-0.39, 0.29) is 11.0 Å². The fourth-order valence-corrected chi connectivity index (χ4v) is 5.49. The molecule has 0 aliphatic carbocycles. The molecule has 2 N–H and O–H groups in total. The number of nitrogens with two attached hydrogens (primary N) is 1. The third-order valence-corrected chi connectivity index (χ3v) is 6.21. The number of rotatable bonds is 2. The maximum Gasteiger partial charge on any atom is 0.180 e. The maximum absolute atomic E-state index is 12.1. The molecule has 6 heteroatoms. The van der Waals surface area contributed by atoms with Crippen LogP contribution in [0.5, 0.6) is 0 Å². The number of anilines is 1. The van der Waals surface area contributed by atoms with Crippen LogP contribution in [0.2, 0.25) is 0 Å². The van der Waals surface area contributed by atoms with Crippen LogP contribution >= 0.6 is 11.8 Å². The van der Waals surface area contributed by atoms with Crippen LogP contribution in [0.25, 0.3) is 0 Å². The van der Waals surface area contributed by atoms with Crippen LogP contribution in [-0.4, -0.2) is 19.2 Å². The number of hydrogen-bond donors (Lipinski definition) is 1. The van der Waals surface area contributed by atoms with Crippen LogP contribution in [0.1, 0.15) is 10.8 Å². The van der Waals surface area contributed by atoms with Gasteiger partial charge in [0, 0.05) is 0 Å². The van der Waals surface area contributed by atoms with Gasteiger partial charge < -0.3 is 5.73 Å². The highest BCUT2D eigenvalue weighted by Crippen LogP contribution is 2.44. The van der Waals surface area contributed by atoms with Gasteiger partial charge in [0.05, 0.1) is 32.8 Å². The van der Waals surface area contributed by atoms with Crippen molar-refractivity contribution in [2.45, 2.75) is 15.2 Å². The molecule has 3 rings (SSSR count). The zero-order chi connectivity index (χ0) is 13.5. The van der Waals surface area contributed by atoms with Crippen molar-refractivity contribution in [3.05, 3.63) is 48.2 Å². The average Bonchev–Trinajstić information content (AvgIpc) is 2.65. The van der Waals surface area contributed by atoms with Gasteiger partial charge in [0.15, 0.2) is 9.84 Å². The fraction of sp³-hybridized carbons (Fsp3) is 0.154. The highest BCUT2D eigenvalue weighted by Gasteiger charge is 2.35. The first kappa shape index (κ1) is 12.5. The van der Waals surface area contributed by atoms with Crippen molar-refractivity contribution in [3.63, 3.8) is 0 Å². The molecule has 0 saturated heterocycles. The van der Waals surface area contributed by atoms with E-state index in [2.05, 4.69) is 4.98 Å². The van der Waals surface area contributed by atoms with Crippen molar-refractivity contribution >= 4 is 27.3 Å². The largest absolute Gasteiger partial charge is 0.397 e. The summed E-state index contributed by atoms with van der Waals surface area (Å²) in [6.07, 6.45) is 1.58. The summed E-state index contributed by atoms with van der Waals surface area (Å²) in [5, 5.41) is 0.684. The number of benzene rings is 1. The van der Waals surface area contributed by atoms with Crippen molar-refractivity contribution in [3.8, 4) is 0 Å². The molecule has 0 fully saturated rings. The predicted octanol–water partition coefficient (Wildman–Crippen LogP) is 2.28. The fourth-order valence-electron chi connectivity index (χ4n) is 2.11. The van der Waals surface area contributed by atoms with Gasteiger partial charge >= 0.3 is 0 Å². The molecule has 1 unspecified atom stereocenters. The van der Waals surface area contributed by atoms with Gasteiger partial charge in [0.1, 0.15) is 0 Å². The number of fused-ring (bicyclic) bond motifs is 1. The summed E-state index contributed by atoms with van der Waals surface area (Å²) in [5.74, 6) is 0.128. The van der Waals surface area contributed by atoms with Crippen LogP contribution < -0.4 is 5.73 Å². The van der Waals surface area contributed by atoms with Gasteiger partial charge in [-0.15, -0.1) is 0 Å². The molecule has 19 heavy (non-hydrogen) atoms. The molecule has 0 saturated carbocycles. The molecule has 98 valence electrons. The number of thioether (sulfide) groups is 1. The van der Waals surface area contributed by atoms with Crippen molar-refractivity contribution in [2.24, 2.45) is 0 Å². The Bertz CT molecular complexity index is 712. The van der Waals surface area contributed by atoms with Crippen LogP contribution in [0, 0.1) is 0 Å². The number of pyridine rings is 1. The van der Waals surface area contributed by atoms with Gasteiger partial charge in [-0.1, -0.05) is 30.0 Å². The zero-order valence-corrected chi connectivity index (χ0v) is 11.6. The molecule has 2 aromatic rings. The van der Waals surface area contributed by atoms with Gasteiger partial charge in [-0.2, -0.15) is 0 Å². The van der Waals surface area contributed by atoms with Gasteiger partial charge in [-0.25, -0.2) is 13.4 Å². The summed E-state index contributed by atoms with van der Waals surface area (Å²) < 4.78 is 24.1. The van der Waals surface area contributed by atoms with Crippen LogP contribution in [0.15, 0.2) is 52.5 Å². The van der Waals surface area contributed by atoms with E-state index in [1.165, 1.54) is 11.8 Å². The first-order valence-electron chi connectivity index (χ1n) is 5.76. The quantitative estimate of drug-likeness (QED) is 0.919. The molecule has 1 aromatic carbocycles. The molecule has 4 nitrogen and oxygen atoms in total. The second-order valence-electron chi connectivity index (χ2n) is 4.36. The second kappa shape index (κ2) is 4.54. The molecular weight excluding hydrogens is 280 g/mol. The predicted molar refractivity (Wildman–Crippen MR) is 75.7 cm³/mol. The van der Waals surface area contributed by atoms with E-state index in [0.717, 1.165) is 10.6 Å². The van der Waals surface area contributed by atoms with Crippen LogP contribution in [0.4, 0.5) is 5.69 Å². The van der Waals surface area contributed by atoms with Crippen molar-refractivity contribution < 1.29 is 8.42 Å². The second-order valence-corrected chi connectivity index (χ2v) is 7.58. The third kappa shape index (κ3) is 2.33. The molecule has 0 amide bonds. The minimum absolute atomic E-state index is 0.0997. The summed E-state index contributed by atoms with van der Waals surface area (Å²) in [6.45, 7) is 0. The highest BCUT2D eigenvalue weighted by atomic mass is 32.2. The summed E-state index contributed by atoms with van der Waals surface area (Å²) in [5.41, 5.74) is 7.05. The van der Waals surface area contributed by atoms with E-state index < -0.39 is 9.84 Å². The van der Waals surface area contributed by atoms with E-state index in [1.54, 1.807) is 24.4 Å². The molecular formula is C13H12N2O2S2. The van der Waals surface area contributed by atoms with Crippen LogP contribution in [-0.2, 0) is 9.84 Å². The lowest BCUT2D eigenvalue weighted by Crippen LogP contribution is -2.01. The summed E-state index contributed by atoms with van der Waals surface area (Å²) in [6, 6.07) is 10.7. The number of hydrogen-bond acceptors (Lipinski definition) is 5. The lowest BCUT2D eigenvalue weighted by atomic mass is 10.2. The van der Waals surface area contributed by atoms with Gasteiger partial charge in [-0.3, -0.25) is 0 Å². The number of nitrogen functional groups attached to an aromatic ring is 1. The average molecular weight is 292 g/mol. The Labute approximate surface area is 116 Å². The smallest absolute Gasteiger partial charge is 0.180 e. The van der Waals surface area contributed by atoms with Gasteiger partial charge in [0.2, 0.25) is 0 Å². The van der Waals surface area contributed by atoms with E-state index in [4.69, 9.17) is 5.73 Å². The Morgan fingerprint density at radius 2 is 2.00 bits per heavy atom. The zero-order valence-electron chi connectivity index (χ0n) is 9.98. The highest BCUT2D eigenvalue weighted by molar-refractivity contribution is 8.01. The molecule has 1 atom stereocenters. The molecule has 0 radical (unpaired) electrons. The Balaban J connectivity index is 1.94. The van der Waals surface area contributed by atoms with E-state index in [0.29, 0.717) is 10.6 Å². The van der Waals surface area contributed by atoms with Gasteiger partial charge in [0.25, 0.3) is 0 Å². The maximum atomic E-state index is 12.1. The molecule has 1 aliphatic heterocycles. The standard InChI is InChI=1S/C13H12N2O2S2/c14-9-5-6-13(15-7-9)18-11-8-19(16,17)12-4-2-1-3-10(11)12/h1-7,11H,8,14H2. The van der Waals surface area contributed by atoms with Crippen molar-refractivity contribution in [2.75, 3.05) is 11.5 Å². The van der Waals surface area contributed by atoms with Crippen molar-refractivity contribution in [1.82, 2.24) is 4.98 Å². The van der Waals surface area contributed by atoms with E-state index in [9.17, 15) is 8.42 Å². The van der Waals surface area contributed by atoms with Gasteiger partial charge in [-0.05, 0) is 23.8 Å². The molecule has 0 spiro atoms. The van der Waals surface area contributed by atoms with E-state index in [1.807, 2.05) is 18.2 Å². The third-order valence-electron chi connectivity index (χ3n) is 2.99. The number of aromatic nitrogens is 1. The Kier molecular flexibility index (Phi) is 2.99. The summed E-state index contributed by atoms with van der Waals surface area (Å²) >= 11 is 1.46. The summed E-state index contributed by atoms with van der Waals surface area (Å²) in [4.78, 5) is 4.65. The Hall–Kier alpha value is -1.53. The Morgan fingerprint density at radius 1 is 1.21 bits per heavy atom. The molecule has 2 heterocycles. The lowest BCUT2D eigenvalue weighted by molar-refractivity contribution is 0.600. The van der Waals surface area contributed by atoms with E-state index >= 15 is 0 Å². The summed E-state index contributed by atoms with van der Waals surface area (Å²) in [7, 11) is -3.16. The Morgan fingerprint density at radius 3 is 2.74 bits per heavy atom. The SMILES string of the molecule is Nc1ccc(SC2CS(=O)(=O)c3ccccc32)nc1. The monoisotopic (exact) mass is 292 g/mol. The van der Waals surface area contributed by atoms with Crippen molar-refractivity contribution in [1.29, 1.82) is 0 Å². The number of nitrogens with zero attached hydrogens (tertiary/aromatic N) is 1. The minimum Gasteiger partial charge on any atom is -0.397 e. The molecule has 1 aliphatic rings. The first-order chi connectivity index (χ1) is 9.06. The molecule has 1 aromatic heterocycles. The topological polar surface area (TPSA) is 73.1 Å². The molecule has 0 bridgehead atoms.